The van der Waals surface area contributed by atoms with Crippen molar-refractivity contribution in [1.82, 2.24) is 9.97 Å². The van der Waals surface area contributed by atoms with Gasteiger partial charge in [-0.15, -0.1) is 0 Å². The van der Waals surface area contributed by atoms with E-state index in [1.807, 2.05) is 60.7 Å². The number of para-hydroxylation sites is 1. The lowest BCUT2D eigenvalue weighted by atomic mass is 10.1. The first-order valence-electron chi connectivity index (χ1n) is 8.05. The van der Waals surface area contributed by atoms with Gasteiger partial charge in [-0.05, 0) is 43.3 Å². The molecule has 0 aliphatic rings. The van der Waals surface area contributed by atoms with E-state index in [2.05, 4.69) is 24.4 Å². The summed E-state index contributed by atoms with van der Waals surface area (Å²) in [5.74, 6) is 1.47. The second-order valence-electron chi connectivity index (χ2n) is 5.92. The first-order valence-corrected chi connectivity index (χ1v) is 8.43. The maximum Gasteiger partial charge on any atom is 0.162 e. The number of aryl methyl sites for hydroxylation is 1. The highest BCUT2D eigenvalue weighted by atomic mass is 35.5. The largest absolute Gasteiger partial charge is 0.340 e. The summed E-state index contributed by atoms with van der Waals surface area (Å²) in [6.45, 7) is 2.07. The summed E-state index contributed by atoms with van der Waals surface area (Å²) in [5.41, 5.74) is 3.98. The summed E-state index contributed by atoms with van der Waals surface area (Å²) in [6.07, 6.45) is 0. The molecule has 0 aliphatic carbocycles. The fourth-order valence-corrected chi connectivity index (χ4v) is 2.98. The zero-order valence-corrected chi connectivity index (χ0v) is 14.5. The van der Waals surface area contributed by atoms with Gasteiger partial charge in [0.1, 0.15) is 5.82 Å². The summed E-state index contributed by atoms with van der Waals surface area (Å²) in [5, 5.41) is 5.03. The molecule has 25 heavy (non-hydrogen) atoms. The zero-order chi connectivity index (χ0) is 17.2. The number of nitrogens with one attached hydrogen (secondary N) is 1. The third-order valence-electron chi connectivity index (χ3n) is 3.97. The quantitative estimate of drug-likeness (QED) is 0.494. The lowest BCUT2D eigenvalue weighted by Crippen LogP contribution is -1.99. The third-order valence-corrected chi connectivity index (χ3v) is 4.20. The highest BCUT2D eigenvalue weighted by molar-refractivity contribution is 6.30. The minimum Gasteiger partial charge on any atom is -0.340 e. The molecule has 0 fully saturated rings. The summed E-state index contributed by atoms with van der Waals surface area (Å²) in [6, 6.07) is 23.8. The van der Waals surface area contributed by atoms with E-state index in [1.54, 1.807) is 0 Å². The highest BCUT2D eigenvalue weighted by Gasteiger charge is 2.10. The van der Waals surface area contributed by atoms with Gasteiger partial charge in [0.2, 0.25) is 0 Å². The molecule has 122 valence electrons. The molecule has 0 amide bonds. The van der Waals surface area contributed by atoms with Crippen molar-refractivity contribution in [3.8, 4) is 11.4 Å². The molecule has 0 bridgehead atoms. The number of anilines is 2. The lowest BCUT2D eigenvalue weighted by molar-refractivity contribution is 1.22. The van der Waals surface area contributed by atoms with Gasteiger partial charge in [0, 0.05) is 21.7 Å². The Kier molecular flexibility index (Phi) is 4.08. The molecule has 0 radical (unpaired) electrons. The number of rotatable bonds is 3. The number of benzene rings is 3. The first kappa shape index (κ1) is 15.6. The lowest BCUT2D eigenvalue weighted by Gasteiger charge is -2.11. The van der Waals surface area contributed by atoms with E-state index in [0.29, 0.717) is 10.8 Å². The van der Waals surface area contributed by atoms with Gasteiger partial charge in [-0.1, -0.05) is 53.6 Å². The van der Waals surface area contributed by atoms with Crippen LogP contribution in [0.15, 0.2) is 72.8 Å². The van der Waals surface area contributed by atoms with Crippen molar-refractivity contribution in [3.63, 3.8) is 0 Å². The van der Waals surface area contributed by atoms with Gasteiger partial charge in [-0.3, -0.25) is 0 Å². The molecule has 1 N–H and O–H groups in total. The highest BCUT2D eigenvalue weighted by Crippen LogP contribution is 2.28. The van der Waals surface area contributed by atoms with Crippen LogP contribution in [0.2, 0.25) is 5.02 Å². The molecule has 0 aliphatic heterocycles. The van der Waals surface area contributed by atoms with Crippen LogP contribution in [0.25, 0.3) is 22.3 Å². The van der Waals surface area contributed by atoms with Crippen molar-refractivity contribution < 1.29 is 0 Å². The Morgan fingerprint density at radius 1 is 0.840 bits per heavy atom. The Hall–Kier alpha value is -2.91. The van der Waals surface area contributed by atoms with E-state index < -0.39 is 0 Å². The van der Waals surface area contributed by atoms with Crippen LogP contribution in [0.1, 0.15) is 5.56 Å². The van der Waals surface area contributed by atoms with Crippen LogP contribution in [0.4, 0.5) is 11.5 Å². The third kappa shape index (κ3) is 3.32. The Balaban J connectivity index is 1.87. The van der Waals surface area contributed by atoms with E-state index in [9.17, 15) is 0 Å². The number of nitrogens with zero attached hydrogens (tertiary/aromatic N) is 2. The molecule has 0 unspecified atom stereocenters. The molecule has 1 aromatic heterocycles. The van der Waals surface area contributed by atoms with E-state index in [1.165, 1.54) is 5.56 Å². The number of halogens is 1. The Morgan fingerprint density at radius 2 is 1.68 bits per heavy atom. The standard InChI is InChI=1S/C21H16ClN3/c1-14-6-4-7-15(12-14)20-24-19-11-3-2-10-18(19)21(25-20)23-17-9-5-8-16(22)13-17/h2-13H,1H3,(H,23,24,25). The average Bonchev–Trinajstić information content (AvgIpc) is 2.62. The van der Waals surface area contributed by atoms with Crippen molar-refractivity contribution in [2.75, 3.05) is 5.32 Å². The van der Waals surface area contributed by atoms with E-state index >= 15 is 0 Å². The van der Waals surface area contributed by atoms with E-state index in [4.69, 9.17) is 21.6 Å². The maximum absolute atomic E-state index is 6.10. The summed E-state index contributed by atoms with van der Waals surface area (Å²) in [4.78, 5) is 9.50. The number of fused-ring (bicyclic) bond motifs is 1. The van der Waals surface area contributed by atoms with Crippen LogP contribution in [0.3, 0.4) is 0 Å². The smallest absolute Gasteiger partial charge is 0.162 e. The topological polar surface area (TPSA) is 37.8 Å². The summed E-state index contributed by atoms with van der Waals surface area (Å²) >= 11 is 6.10. The van der Waals surface area contributed by atoms with Crippen LogP contribution in [0.5, 0.6) is 0 Å². The monoisotopic (exact) mass is 345 g/mol. The van der Waals surface area contributed by atoms with Crippen LogP contribution in [-0.4, -0.2) is 9.97 Å². The molecule has 4 aromatic rings. The second-order valence-corrected chi connectivity index (χ2v) is 6.35. The van der Waals surface area contributed by atoms with Gasteiger partial charge in [-0.2, -0.15) is 0 Å². The van der Waals surface area contributed by atoms with Crippen LogP contribution < -0.4 is 5.32 Å². The fourth-order valence-electron chi connectivity index (χ4n) is 2.79. The number of hydrogen-bond donors (Lipinski definition) is 1. The Bertz CT molecular complexity index is 1060. The maximum atomic E-state index is 6.10. The average molecular weight is 346 g/mol. The Labute approximate surface area is 151 Å². The van der Waals surface area contributed by atoms with Crippen LogP contribution in [0, 0.1) is 6.92 Å². The zero-order valence-electron chi connectivity index (χ0n) is 13.7. The second kappa shape index (κ2) is 6.54. The van der Waals surface area contributed by atoms with E-state index in [-0.39, 0.29) is 0 Å². The van der Waals surface area contributed by atoms with Gasteiger partial charge in [-0.25, -0.2) is 9.97 Å². The normalized spacial score (nSPS) is 10.8. The van der Waals surface area contributed by atoms with Gasteiger partial charge in [0.05, 0.1) is 5.52 Å². The van der Waals surface area contributed by atoms with Crippen molar-refractivity contribution in [2.45, 2.75) is 6.92 Å². The summed E-state index contributed by atoms with van der Waals surface area (Å²) < 4.78 is 0. The molecule has 4 rings (SSSR count). The van der Waals surface area contributed by atoms with Crippen LogP contribution >= 0.6 is 11.6 Å². The van der Waals surface area contributed by atoms with Crippen molar-refractivity contribution in [3.05, 3.63) is 83.4 Å². The SMILES string of the molecule is Cc1cccc(-c2nc(Nc3cccc(Cl)c3)c3ccccc3n2)c1. The first-order chi connectivity index (χ1) is 12.2. The van der Waals surface area contributed by atoms with Gasteiger partial charge in [0.15, 0.2) is 5.82 Å². The van der Waals surface area contributed by atoms with Crippen molar-refractivity contribution in [1.29, 1.82) is 0 Å². The molecule has 0 atom stereocenters. The summed E-state index contributed by atoms with van der Waals surface area (Å²) in [7, 11) is 0. The molecule has 3 nitrogen and oxygen atoms in total. The van der Waals surface area contributed by atoms with Gasteiger partial charge < -0.3 is 5.32 Å². The molecule has 1 heterocycles. The van der Waals surface area contributed by atoms with Gasteiger partial charge >= 0.3 is 0 Å². The fraction of sp³-hybridized carbons (Fsp3) is 0.0476. The number of hydrogen-bond acceptors (Lipinski definition) is 3. The molecule has 0 saturated carbocycles. The minimum atomic E-state index is 0.683. The minimum absolute atomic E-state index is 0.683. The molecule has 3 aromatic carbocycles. The predicted molar refractivity (Wildman–Crippen MR) is 104 cm³/mol. The number of aromatic nitrogens is 2. The van der Waals surface area contributed by atoms with Crippen LogP contribution in [-0.2, 0) is 0 Å². The van der Waals surface area contributed by atoms with Crippen molar-refractivity contribution >= 4 is 34.0 Å². The molecule has 0 saturated heterocycles. The van der Waals surface area contributed by atoms with Crippen molar-refractivity contribution in [2.24, 2.45) is 0 Å². The predicted octanol–water partition coefficient (Wildman–Crippen LogP) is 6.00. The Morgan fingerprint density at radius 3 is 2.52 bits per heavy atom. The van der Waals surface area contributed by atoms with Gasteiger partial charge in [0.25, 0.3) is 0 Å². The molecular formula is C21H16ClN3. The van der Waals surface area contributed by atoms with E-state index in [0.717, 1.165) is 28.0 Å². The molecule has 4 heteroatoms. The molecular weight excluding hydrogens is 330 g/mol. The molecule has 0 spiro atoms.